The third kappa shape index (κ3) is 2.62. The number of hydrogen-bond acceptors (Lipinski definition) is 2. The predicted octanol–water partition coefficient (Wildman–Crippen LogP) is 1.87. The first-order valence-electron chi connectivity index (χ1n) is 5.74. The molecule has 0 saturated heterocycles. The average Bonchev–Trinajstić information content (AvgIpc) is 2.69. The van der Waals surface area contributed by atoms with Crippen molar-refractivity contribution in [3.63, 3.8) is 0 Å². The van der Waals surface area contributed by atoms with Crippen molar-refractivity contribution in [3.05, 3.63) is 36.0 Å². The molecule has 0 amide bonds. The number of rotatable bonds is 5. The van der Waals surface area contributed by atoms with E-state index in [9.17, 15) is 0 Å². The van der Waals surface area contributed by atoms with Gasteiger partial charge >= 0.3 is 0 Å². The lowest BCUT2D eigenvalue weighted by Crippen LogP contribution is -2.34. The molecule has 0 aliphatic rings. The van der Waals surface area contributed by atoms with Crippen LogP contribution in [0.5, 0.6) is 0 Å². The smallest absolute Gasteiger partial charge is 0.0456 e. The summed E-state index contributed by atoms with van der Waals surface area (Å²) in [5.74, 6) is 0. The van der Waals surface area contributed by atoms with Gasteiger partial charge in [-0.3, -0.25) is 0 Å². The SMILES string of the molecule is CNCC(C)NCc1cc2ccccc2[nH]1. The second-order valence-electron chi connectivity index (χ2n) is 4.22. The molecule has 3 heteroatoms. The molecule has 0 spiro atoms. The fourth-order valence-electron chi connectivity index (χ4n) is 1.89. The van der Waals surface area contributed by atoms with Crippen LogP contribution in [0.3, 0.4) is 0 Å². The molecule has 16 heavy (non-hydrogen) atoms. The molecular formula is C13H19N3. The van der Waals surface area contributed by atoms with Crippen LogP contribution in [0.4, 0.5) is 0 Å². The number of para-hydroxylation sites is 1. The fourth-order valence-corrected chi connectivity index (χ4v) is 1.89. The Hall–Kier alpha value is -1.32. The summed E-state index contributed by atoms with van der Waals surface area (Å²) in [5, 5.41) is 7.90. The Bertz CT molecular complexity index is 414. The summed E-state index contributed by atoms with van der Waals surface area (Å²) >= 11 is 0. The zero-order valence-electron chi connectivity index (χ0n) is 9.88. The van der Waals surface area contributed by atoms with Crippen molar-refractivity contribution >= 4 is 10.9 Å². The fraction of sp³-hybridized carbons (Fsp3) is 0.385. The lowest BCUT2D eigenvalue weighted by Gasteiger charge is -2.11. The van der Waals surface area contributed by atoms with Gasteiger partial charge in [-0.15, -0.1) is 0 Å². The van der Waals surface area contributed by atoms with Crippen molar-refractivity contribution in [2.45, 2.75) is 19.5 Å². The molecule has 0 bridgehead atoms. The molecule has 1 unspecified atom stereocenters. The van der Waals surface area contributed by atoms with Crippen LogP contribution in [-0.2, 0) is 6.54 Å². The second kappa shape index (κ2) is 5.14. The number of H-pyrrole nitrogens is 1. The Balaban J connectivity index is 1.99. The summed E-state index contributed by atoms with van der Waals surface area (Å²) in [6.07, 6.45) is 0. The number of likely N-dealkylation sites (N-methyl/N-ethyl adjacent to an activating group) is 1. The van der Waals surface area contributed by atoms with Crippen molar-refractivity contribution < 1.29 is 0 Å². The molecule has 0 saturated carbocycles. The van der Waals surface area contributed by atoms with Crippen LogP contribution in [-0.4, -0.2) is 24.6 Å². The molecule has 2 aromatic rings. The summed E-state index contributed by atoms with van der Waals surface area (Å²) in [6.45, 7) is 4.05. The van der Waals surface area contributed by atoms with Crippen molar-refractivity contribution in [2.75, 3.05) is 13.6 Å². The quantitative estimate of drug-likeness (QED) is 0.715. The van der Waals surface area contributed by atoms with Crippen molar-refractivity contribution in [3.8, 4) is 0 Å². The minimum Gasteiger partial charge on any atom is -0.357 e. The largest absolute Gasteiger partial charge is 0.357 e. The van der Waals surface area contributed by atoms with Crippen LogP contribution >= 0.6 is 0 Å². The summed E-state index contributed by atoms with van der Waals surface area (Å²) in [5.41, 5.74) is 2.45. The third-order valence-corrected chi connectivity index (χ3v) is 2.74. The average molecular weight is 217 g/mol. The lowest BCUT2D eigenvalue weighted by atomic mass is 10.2. The molecule has 3 N–H and O–H groups in total. The number of hydrogen-bond donors (Lipinski definition) is 3. The maximum absolute atomic E-state index is 3.47. The normalized spacial score (nSPS) is 13.1. The summed E-state index contributed by atoms with van der Waals surface area (Å²) in [4.78, 5) is 3.41. The van der Waals surface area contributed by atoms with Gasteiger partial charge in [-0.1, -0.05) is 18.2 Å². The minimum absolute atomic E-state index is 0.483. The highest BCUT2D eigenvalue weighted by molar-refractivity contribution is 5.80. The van der Waals surface area contributed by atoms with Gasteiger partial charge in [0.25, 0.3) is 0 Å². The van der Waals surface area contributed by atoms with Gasteiger partial charge in [-0.2, -0.15) is 0 Å². The van der Waals surface area contributed by atoms with Gasteiger partial charge in [0.15, 0.2) is 0 Å². The van der Waals surface area contributed by atoms with Crippen LogP contribution in [0, 0.1) is 0 Å². The van der Waals surface area contributed by atoms with E-state index in [1.165, 1.54) is 16.6 Å². The molecule has 0 fully saturated rings. The molecular weight excluding hydrogens is 198 g/mol. The van der Waals surface area contributed by atoms with E-state index in [0.717, 1.165) is 13.1 Å². The maximum Gasteiger partial charge on any atom is 0.0456 e. The van der Waals surface area contributed by atoms with E-state index in [-0.39, 0.29) is 0 Å². The highest BCUT2D eigenvalue weighted by atomic mass is 15.0. The Labute approximate surface area is 96.2 Å². The lowest BCUT2D eigenvalue weighted by molar-refractivity contribution is 0.520. The van der Waals surface area contributed by atoms with E-state index in [1.54, 1.807) is 0 Å². The zero-order valence-corrected chi connectivity index (χ0v) is 9.88. The topological polar surface area (TPSA) is 39.8 Å². The molecule has 86 valence electrons. The monoisotopic (exact) mass is 217 g/mol. The summed E-state index contributed by atoms with van der Waals surface area (Å²) in [6, 6.07) is 11.0. The molecule has 1 atom stereocenters. The molecule has 0 aliphatic carbocycles. The van der Waals surface area contributed by atoms with E-state index < -0.39 is 0 Å². The Morgan fingerprint density at radius 1 is 1.31 bits per heavy atom. The molecule has 0 aliphatic heterocycles. The van der Waals surface area contributed by atoms with E-state index in [2.05, 4.69) is 52.9 Å². The summed E-state index contributed by atoms with van der Waals surface area (Å²) in [7, 11) is 1.97. The van der Waals surface area contributed by atoms with Crippen LogP contribution in [0.2, 0.25) is 0 Å². The van der Waals surface area contributed by atoms with Crippen LogP contribution in [0.15, 0.2) is 30.3 Å². The van der Waals surface area contributed by atoms with Gasteiger partial charge in [0.05, 0.1) is 0 Å². The predicted molar refractivity (Wildman–Crippen MR) is 68.5 cm³/mol. The summed E-state index contributed by atoms with van der Waals surface area (Å²) < 4.78 is 0. The number of nitrogens with one attached hydrogen (secondary N) is 3. The van der Waals surface area contributed by atoms with Gasteiger partial charge in [0, 0.05) is 30.3 Å². The first-order valence-corrected chi connectivity index (χ1v) is 5.74. The van der Waals surface area contributed by atoms with Gasteiger partial charge in [0.2, 0.25) is 0 Å². The highest BCUT2D eigenvalue weighted by Crippen LogP contribution is 2.14. The molecule has 3 nitrogen and oxygen atoms in total. The number of aromatic nitrogens is 1. The van der Waals surface area contributed by atoms with Gasteiger partial charge in [-0.05, 0) is 31.5 Å². The van der Waals surface area contributed by atoms with Crippen molar-refractivity contribution in [2.24, 2.45) is 0 Å². The van der Waals surface area contributed by atoms with Crippen LogP contribution in [0.25, 0.3) is 10.9 Å². The Morgan fingerprint density at radius 3 is 2.88 bits per heavy atom. The van der Waals surface area contributed by atoms with Crippen LogP contribution in [0.1, 0.15) is 12.6 Å². The minimum atomic E-state index is 0.483. The van der Waals surface area contributed by atoms with Gasteiger partial charge in [-0.25, -0.2) is 0 Å². The number of aromatic amines is 1. The molecule has 1 heterocycles. The van der Waals surface area contributed by atoms with Crippen molar-refractivity contribution in [1.82, 2.24) is 15.6 Å². The molecule has 1 aromatic heterocycles. The van der Waals surface area contributed by atoms with E-state index in [4.69, 9.17) is 0 Å². The Kier molecular flexibility index (Phi) is 3.59. The first kappa shape index (κ1) is 11.2. The van der Waals surface area contributed by atoms with E-state index >= 15 is 0 Å². The standard InChI is InChI=1S/C13H19N3/c1-10(8-14-2)15-9-12-7-11-5-3-4-6-13(11)16-12/h3-7,10,14-16H,8-9H2,1-2H3. The Morgan fingerprint density at radius 2 is 2.12 bits per heavy atom. The molecule has 0 radical (unpaired) electrons. The highest BCUT2D eigenvalue weighted by Gasteiger charge is 2.02. The number of benzene rings is 1. The molecule has 1 aromatic carbocycles. The van der Waals surface area contributed by atoms with Gasteiger partial charge in [0.1, 0.15) is 0 Å². The number of fused-ring (bicyclic) bond motifs is 1. The zero-order chi connectivity index (χ0) is 11.4. The van der Waals surface area contributed by atoms with E-state index in [1.807, 2.05) is 7.05 Å². The first-order chi connectivity index (χ1) is 7.79. The maximum atomic E-state index is 3.47. The van der Waals surface area contributed by atoms with Crippen molar-refractivity contribution in [1.29, 1.82) is 0 Å². The van der Waals surface area contributed by atoms with E-state index in [0.29, 0.717) is 6.04 Å². The van der Waals surface area contributed by atoms with Crippen LogP contribution < -0.4 is 10.6 Å². The second-order valence-corrected chi connectivity index (χ2v) is 4.22. The molecule has 2 rings (SSSR count). The van der Waals surface area contributed by atoms with Gasteiger partial charge < -0.3 is 15.6 Å². The third-order valence-electron chi connectivity index (χ3n) is 2.74.